The number of hydrogen-bond acceptors (Lipinski definition) is 3. The van der Waals surface area contributed by atoms with E-state index in [0.29, 0.717) is 13.0 Å². The second kappa shape index (κ2) is 3.53. The highest BCUT2D eigenvalue weighted by atomic mass is 16.5. The molecule has 1 saturated heterocycles. The Morgan fingerprint density at radius 3 is 2.25 bits per heavy atom. The van der Waals surface area contributed by atoms with Gasteiger partial charge in [0.25, 0.3) is 0 Å². The molecule has 0 spiro atoms. The molecule has 1 aliphatic heterocycles. The van der Waals surface area contributed by atoms with Crippen LogP contribution < -0.4 is 0 Å². The second-order valence-electron chi connectivity index (χ2n) is 2.71. The Balaban J connectivity index is 2.64. The van der Waals surface area contributed by atoms with Crippen LogP contribution >= 0.6 is 0 Å². The minimum atomic E-state index is -1.41. The van der Waals surface area contributed by atoms with Crippen molar-refractivity contribution in [1.82, 2.24) is 0 Å². The molecule has 0 aromatic rings. The van der Waals surface area contributed by atoms with Crippen LogP contribution in [0.25, 0.3) is 0 Å². The summed E-state index contributed by atoms with van der Waals surface area (Å²) in [4.78, 5) is 20.9. The van der Waals surface area contributed by atoms with Crippen molar-refractivity contribution < 1.29 is 24.5 Å². The Bertz CT molecular complexity index is 180. The van der Waals surface area contributed by atoms with E-state index in [9.17, 15) is 9.59 Å². The van der Waals surface area contributed by atoms with Crippen LogP contribution in [0.4, 0.5) is 0 Å². The maximum absolute atomic E-state index is 10.5. The second-order valence-corrected chi connectivity index (χ2v) is 2.71. The van der Waals surface area contributed by atoms with E-state index in [1.807, 2.05) is 0 Å². The zero-order valence-electron chi connectivity index (χ0n) is 6.40. The molecule has 5 heteroatoms. The molecule has 68 valence electrons. The average Bonchev–Trinajstić information content (AvgIpc) is 2.37. The summed E-state index contributed by atoms with van der Waals surface area (Å²) in [5, 5.41) is 17.1. The van der Waals surface area contributed by atoms with Gasteiger partial charge < -0.3 is 14.9 Å². The van der Waals surface area contributed by atoms with Crippen LogP contribution in [-0.4, -0.2) is 34.9 Å². The molecule has 0 amide bonds. The fraction of sp³-hybridized carbons (Fsp3) is 0.714. The number of hydrogen-bond donors (Lipinski definition) is 2. The molecule has 1 heterocycles. The number of carboxylic acid groups (broad SMARTS) is 2. The lowest BCUT2D eigenvalue weighted by Gasteiger charge is -2.13. The van der Waals surface area contributed by atoms with Gasteiger partial charge in [0.05, 0.1) is 6.10 Å². The van der Waals surface area contributed by atoms with E-state index in [2.05, 4.69) is 0 Å². The molecule has 1 aliphatic rings. The molecule has 12 heavy (non-hydrogen) atoms. The summed E-state index contributed by atoms with van der Waals surface area (Å²) in [6.07, 6.45) is 0.602. The van der Waals surface area contributed by atoms with Gasteiger partial charge >= 0.3 is 11.9 Å². The van der Waals surface area contributed by atoms with Crippen molar-refractivity contribution in [3.8, 4) is 0 Å². The maximum atomic E-state index is 10.5. The highest BCUT2D eigenvalue weighted by Gasteiger charge is 2.37. The summed E-state index contributed by atoms with van der Waals surface area (Å²) >= 11 is 0. The van der Waals surface area contributed by atoms with Gasteiger partial charge in [0, 0.05) is 6.61 Å². The Kier molecular flexibility index (Phi) is 2.65. The van der Waals surface area contributed by atoms with Gasteiger partial charge in [-0.1, -0.05) is 0 Å². The SMILES string of the molecule is O=C(O)C(C(=O)O)C1CCCO1. The molecule has 1 unspecified atom stereocenters. The first-order valence-corrected chi connectivity index (χ1v) is 3.70. The molecule has 0 bridgehead atoms. The summed E-state index contributed by atoms with van der Waals surface area (Å²) < 4.78 is 4.98. The van der Waals surface area contributed by atoms with Gasteiger partial charge in [-0.25, -0.2) is 0 Å². The molecular formula is C7H10O5. The van der Waals surface area contributed by atoms with Crippen LogP contribution in [0, 0.1) is 5.92 Å². The standard InChI is InChI=1S/C7H10O5/c8-6(9)5(7(10)11)4-2-1-3-12-4/h4-5H,1-3H2,(H,8,9)(H,10,11). The summed E-state index contributed by atoms with van der Waals surface area (Å²) in [5.41, 5.74) is 0. The van der Waals surface area contributed by atoms with Crippen molar-refractivity contribution in [2.45, 2.75) is 18.9 Å². The fourth-order valence-corrected chi connectivity index (χ4v) is 1.29. The minimum absolute atomic E-state index is 0.460. The Morgan fingerprint density at radius 2 is 1.92 bits per heavy atom. The third-order valence-electron chi connectivity index (χ3n) is 1.87. The van der Waals surface area contributed by atoms with E-state index >= 15 is 0 Å². The minimum Gasteiger partial charge on any atom is -0.481 e. The van der Waals surface area contributed by atoms with E-state index in [4.69, 9.17) is 14.9 Å². The molecule has 5 nitrogen and oxygen atoms in total. The van der Waals surface area contributed by atoms with E-state index in [0.717, 1.165) is 6.42 Å². The molecule has 1 rings (SSSR count). The van der Waals surface area contributed by atoms with Crippen LogP contribution in [0.5, 0.6) is 0 Å². The molecule has 0 aromatic carbocycles. The number of ether oxygens (including phenoxy) is 1. The van der Waals surface area contributed by atoms with Crippen LogP contribution in [0.3, 0.4) is 0 Å². The summed E-state index contributed by atoms with van der Waals surface area (Å²) in [6.45, 7) is 0.460. The molecule has 0 radical (unpaired) electrons. The first-order chi connectivity index (χ1) is 5.63. The average molecular weight is 174 g/mol. The first kappa shape index (κ1) is 8.99. The summed E-state index contributed by atoms with van der Waals surface area (Å²) in [6, 6.07) is 0. The number of aliphatic carboxylic acids is 2. The van der Waals surface area contributed by atoms with Gasteiger partial charge in [0.15, 0.2) is 5.92 Å². The number of carbonyl (C=O) groups is 2. The zero-order valence-corrected chi connectivity index (χ0v) is 6.40. The van der Waals surface area contributed by atoms with E-state index < -0.39 is 24.0 Å². The Morgan fingerprint density at radius 1 is 1.33 bits per heavy atom. The van der Waals surface area contributed by atoms with Crippen LogP contribution in [0.2, 0.25) is 0 Å². The number of carboxylic acids is 2. The molecule has 2 N–H and O–H groups in total. The molecule has 1 fully saturated rings. The van der Waals surface area contributed by atoms with Gasteiger partial charge in [0.2, 0.25) is 0 Å². The van der Waals surface area contributed by atoms with Gasteiger partial charge in [-0.05, 0) is 12.8 Å². The van der Waals surface area contributed by atoms with Crippen molar-refractivity contribution in [3.05, 3.63) is 0 Å². The maximum Gasteiger partial charge on any atom is 0.320 e. The van der Waals surface area contributed by atoms with Gasteiger partial charge in [-0.15, -0.1) is 0 Å². The third-order valence-corrected chi connectivity index (χ3v) is 1.87. The van der Waals surface area contributed by atoms with E-state index in [1.165, 1.54) is 0 Å². The topological polar surface area (TPSA) is 83.8 Å². The Hall–Kier alpha value is -1.10. The van der Waals surface area contributed by atoms with Crippen molar-refractivity contribution in [3.63, 3.8) is 0 Å². The predicted octanol–water partition coefficient (Wildman–Crippen LogP) is -0.0492. The molecule has 0 saturated carbocycles. The van der Waals surface area contributed by atoms with Gasteiger partial charge in [0.1, 0.15) is 0 Å². The van der Waals surface area contributed by atoms with Crippen molar-refractivity contribution in [1.29, 1.82) is 0 Å². The van der Waals surface area contributed by atoms with Crippen LogP contribution in [0.1, 0.15) is 12.8 Å². The van der Waals surface area contributed by atoms with Crippen LogP contribution in [0.15, 0.2) is 0 Å². The van der Waals surface area contributed by atoms with Crippen LogP contribution in [-0.2, 0) is 14.3 Å². The predicted molar refractivity (Wildman–Crippen MR) is 37.7 cm³/mol. The smallest absolute Gasteiger partial charge is 0.320 e. The third kappa shape index (κ3) is 1.73. The normalized spacial score (nSPS) is 22.9. The number of rotatable bonds is 3. The van der Waals surface area contributed by atoms with Gasteiger partial charge in [-0.3, -0.25) is 9.59 Å². The largest absolute Gasteiger partial charge is 0.481 e. The van der Waals surface area contributed by atoms with Crippen molar-refractivity contribution in [2.24, 2.45) is 5.92 Å². The molecule has 1 atom stereocenters. The van der Waals surface area contributed by atoms with E-state index in [-0.39, 0.29) is 0 Å². The molecule has 0 aromatic heterocycles. The molecule has 0 aliphatic carbocycles. The zero-order chi connectivity index (χ0) is 9.14. The Labute approximate surface area is 68.9 Å². The lowest BCUT2D eigenvalue weighted by atomic mass is 10.0. The van der Waals surface area contributed by atoms with Crippen molar-refractivity contribution in [2.75, 3.05) is 6.61 Å². The first-order valence-electron chi connectivity index (χ1n) is 3.70. The molecular weight excluding hydrogens is 164 g/mol. The quantitative estimate of drug-likeness (QED) is 0.586. The monoisotopic (exact) mass is 174 g/mol. The highest BCUT2D eigenvalue weighted by molar-refractivity contribution is 5.93. The van der Waals surface area contributed by atoms with E-state index in [1.54, 1.807) is 0 Å². The van der Waals surface area contributed by atoms with Crippen molar-refractivity contribution >= 4 is 11.9 Å². The summed E-state index contributed by atoms with van der Waals surface area (Å²) in [5.74, 6) is -4.06. The van der Waals surface area contributed by atoms with Gasteiger partial charge in [-0.2, -0.15) is 0 Å². The fourth-order valence-electron chi connectivity index (χ4n) is 1.29. The lowest BCUT2D eigenvalue weighted by Crippen LogP contribution is -2.34. The lowest BCUT2D eigenvalue weighted by molar-refractivity contribution is -0.160. The summed E-state index contributed by atoms with van der Waals surface area (Å²) in [7, 11) is 0. The highest BCUT2D eigenvalue weighted by Crippen LogP contribution is 2.20.